The minimum Gasteiger partial charge on any atom is -0.462 e. The quantitative estimate of drug-likeness (QED) is 0.335. The molecule has 0 atom stereocenters. The Labute approximate surface area is 173 Å². The molecular weight excluding hydrogens is 418 g/mol. The van der Waals surface area contributed by atoms with Crippen molar-refractivity contribution in [2.45, 2.75) is 6.92 Å². The van der Waals surface area contributed by atoms with Crippen LogP contribution >= 0.6 is 11.3 Å². The van der Waals surface area contributed by atoms with Gasteiger partial charge in [-0.1, -0.05) is 12.1 Å². The van der Waals surface area contributed by atoms with Gasteiger partial charge in [-0.25, -0.2) is 13.6 Å². The van der Waals surface area contributed by atoms with E-state index in [2.05, 4.69) is 5.32 Å². The van der Waals surface area contributed by atoms with E-state index in [-0.39, 0.29) is 22.9 Å². The first-order chi connectivity index (χ1) is 14.3. The summed E-state index contributed by atoms with van der Waals surface area (Å²) in [5.74, 6) is -3.53. The van der Waals surface area contributed by atoms with Gasteiger partial charge in [0.1, 0.15) is 22.2 Å². The number of anilines is 1. The molecule has 10 heteroatoms. The van der Waals surface area contributed by atoms with Crippen molar-refractivity contribution < 1.29 is 28.0 Å². The number of rotatable bonds is 6. The number of halogens is 2. The Hall–Kier alpha value is -3.66. The summed E-state index contributed by atoms with van der Waals surface area (Å²) in [7, 11) is 0. The maximum atomic E-state index is 13.9. The van der Waals surface area contributed by atoms with Gasteiger partial charge in [-0.15, -0.1) is 11.3 Å². The van der Waals surface area contributed by atoms with Gasteiger partial charge in [-0.3, -0.25) is 14.9 Å². The fourth-order valence-electron chi connectivity index (χ4n) is 2.70. The third-order valence-electron chi connectivity index (χ3n) is 4.04. The largest absolute Gasteiger partial charge is 0.462 e. The molecule has 0 unspecified atom stereocenters. The summed E-state index contributed by atoms with van der Waals surface area (Å²) in [6.45, 7) is 1.66. The maximum absolute atomic E-state index is 13.9. The van der Waals surface area contributed by atoms with Gasteiger partial charge in [-0.05, 0) is 24.6 Å². The summed E-state index contributed by atoms with van der Waals surface area (Å²) < 4.78 is 32.1. The lowest BCUT2D eigenvalue weighted by Crippen LogP contribution is -2.16. The van der Waals surface area contributed by atoms with Crippen molar-refractivity contribution in [2.24, 2.45) is 0 Å². The molecule has 0 aliphatic heterocycles. The lowest BCUT2D eigenvalue weighted by molar-refractivity contribution is -0.384. The smallest absolute Gasteiger partial charge is 0.341 e. The number of non-ortho nitro benzene ring substituents is 1. The van der Waals surface area contributed by atoms with E-state index in [1.54, 1.807) is 13.0 Å². The average Bonchev–Trinajstić information content (AvgIpc) is 3.11. The first-order valence-corrected chi connectivity index (χ1v) is 9.49. The van der Waals surface area contributed by atoms with Crippen LogP contribution in [-0.2, 0) is 4.74 Å². The highest BCUT2D eigenvalue weighted by Crippen LogP contribution is 2.37. The van der Waals surface area contributed by atoms with E-state index in [9.17, 15) is 28.5 Å². The molecule has 7 nitrogen and oxygen atoms in total. The third kappa shape index (κ3) is 4.33. The van der Waals surface area contributed by atoms with Crippen molar-refractivity contribution >= 4 is 33.9 Å². The van der Waals surface area contributed by atoms with Gasteiger partial charge < -0.3 is 10.1 Å². The molecule has 0 aliphatic carbocycles. The number of amides is 1. The van der Waals surface area contributed by atoms with Gasteiger partial charge in [0.05, 0.1) is 17.1 Å². The fraction of sp³-hybridized carbons (Fsp3) is 0.100. The van der Waals surface area contributed by atoms with Crippen LogP contribution in [0.1, 0.15) is 27.6 Å². The molecule has 0 saturated heterocycles. The zero-order valence-corrected chi connectivity index (χ0v) is 16.3. The van der Waals surface area contributed by atoms with Gasteiger partial charge in [0.25, 0.3) is 11.6 Å². The zero-order valence-electron chi connectivity index (χ0n) is 15.5. The van der Waals surface area contributed by atoms with Crippen molar-refractivity contribution in [1.82, 2.24) is 0 Å². The normalized spacial score (nSPS) is 10.5. The summed E-state index contributed by atoms with van der Waals surface area (Å²) >= 11 is 0.972. The van der Waals surface area contributed by atoms with Gasteiger partial charge in [0.2, 0.25) is 0 Å². The fourth-order valence-corrected chi connectivity index (χ4v) is 3.65. The monoisotopic (exact) mass is 432 g/mol. The van der Waals surface area contributed by atoms with Crippen LogP contribution in [0.25, 0.3) is 11.1 Å². The van der Waals surface area contributed by atoms with Crippen molar-refractivity contribution in [3.63, 3.8) is 0 Å². The van der Waals surface area contributed by atoms with Gasteiger partial charge >= 0.3 is 5.97 Å². The van der Waals surface area contributed by atoms with E-state index < -0.39 is 34.0 Å². The average molecular weight is 432 g/mol. The van der Waals surface area contributed by atoms with E-state index in [0.29, 0.717) is 17.2 Å². The van der Waals surface area contributed by atoms with E-state index in [4.69, 9.17) is 4.74 Å². The van der Waals surface area contributed by atoms with Crippen LogP contribution in [0.2, 0.25) is 0 Å². The molecule has 0 spiro atoms. The minimum absolute atomic E-state index is 0.0155. The Morgan fingerprint density at radius 2 is 1.97 bits per heavy atom. The SMILES string of the molecule is CCOC(=O)c1c(-c2cccc([N+](=O)[O-])c2)csc1NC(=O)c1ccc(F)cc1F. The topological polar surface area (TPSA) is 98.5 Å². The Morgan fingerprint density at radius 1 is 1.20 bits per heavy atom. The molecule has 0 aliphatic rings. The van der Waals surface area contributed by atoms with Crippen LogP contribution in [0.5, 0.6) is 0 Å². The number of nitro benzene ring substituents is 1. The lowest BCUT2D eigenvalue weighted by atomic mass is 10.0. The van der Waals surface area contributed by atoms with Gasteiger partial charge in [-0.2, -0.15) is 0 Å². The molecule has 2 aromatic carbocycles. The van der Waals surface area contributed by atoms with Crippen molar-refractivity contribution in [3.8, 4) is 11.1 Å². The molecule has 154 valence electrons. The molecular formula is C20H14F2N2O5S. The molecule has 1 N–H and O–H groups in total. The molecule has 0 bridgehead atoms. The number of nitrogens with zero attached hydrogens (tertiary/aromatic N) is 1. The second-order valence-corrected chi connectivity index (χ2v) is 6.84. The third-order valence-corrected chi connectivity index (χ3v) is 4.94. The highest BCUT2D eigenvalue weighted by Gasteiger charge is 2.24. The van der Waals surface area contributed by atoms with E-state index >= 15 is 0 Å². The molecule has 0 radical (unpaired) electrons. The highest BCUT2D eigenvalue weighted by atomic mass is 32.1. The second kappa shape index (κ2) is 8.78. The highest BCUT2D eigenvalue weighted by molar-refractivity contribution is 7.15. The number of nitro groups is 1. The summed E-state index contributed by atoms with van der Waals surface area (Å²) in [5.41, 5.74) is 0.0937. The van der Waals surface area contributed by atoms with Gasteiger partial charge in [0, 0.05) is 29.1 Å². The van der Waals surface area contributed by atoms with E-state index in [0.717, 1.165) is 23.5 Å². The Balaban J connectivity index is 2.03. The number of thiophene rings is 1. The first-order valence-electron chi connectivity index (χ1n) is 8.61. The van der Waals surface area contributed by atoms with Crippen LogP contribution in [0, 0.1) is 21.7 Å². The van der Waals surface area contributed by atoms with Crippen LogP contribution in [0.15, 0.2) is 47.8 Å². The number of benzene rings is 2. The predicted molar refractivity (Wildman–Crippen MR) is 107 cm³/mol. The van der Waals surface area contributed by atoms with E-state index in [1.807, 2.05) is 0 Å². The summed E-state index contributed by atoms with van der Waals surface area (Å²) in [6.07, 6.45) is 0. The number of nitrogens with one attached hydrogen (secondary N) is 1. The number of hydrogen-bond acceptors (Lipinski definition) is 6. The van der Waals surface area contributed by atoms with Crippen LogP contribution in [0.4, 0.5) is 19.5 Å². The summed E-state index contributed by atoms with van der Waals surface area (Å²) in [5, 5.41) is 15.1. The minimum atomic E-state index is -1.05. The molecule has 0 saturated carbocycles. The number of carbonyl (C=O) groups is 2. The Morgan fingerprint density at radius 3 is 2.63 bits per heavy atom. The number of hydrogen-bond donors (Lipinski definition) is 1. The molecule has 30 heavy (non-hydrogen) atoms. The lowest BCUT2D eigenvalue weighted by Gasteiger charge is -2.09. The Bertz CT molecular complexity index is 1150. The maximum Gasteiger partial charge on any atom is 0.341 e. The molecule has 1 amide bonds. The van der Waals surface area contributed by atoms with Crippen LogP contribution in [0.3, 0.4) is 0 Å². The standard InChI is InChI=1S/C20H14F2N2O5S/c1-2-29-20(26)17-15(11-4-3-5-13(8-11)24(27)28)10-30-19(17)23-18(25)14-7-6-12(21)9-16(14)22/h3-10H,2H2,1H3,(H,23,25). The van der Waals surface area contributed by atoms with E-state index in [1.165, 1.54) is 23.6 Å². The zero-order chi connectivity index (χ0) is 21.8. The second-order valence-electron chi connectivity index (χ2n) is 5.96. The molecule has 1 aromatic heterocycles. The number of ether oxygens (including phenoxy) is 1. The summed E-state index contributed by atoms with van der Waals surface area (Å²) in [4.78, 5) is 35.5. The molecule has 3 aromatic rings. The van der Waals surface area contributed by atoms with Crippen molar-refractivity contribution in [2.75, 3.05) is 11.9 Å². The number of esters is 1. The Kier molecular flexibility index (Phi) is 6.17. The molecule has 1 heterocycles. The van der Waals surface area contributed by atoms with Crippen molar-refractivity contribution in [3.05, 3.63) is 80.7 Å². The van der Waals surface area contributed by atoms with Crippen LogP contribution < -0.4 is 5.32 Å². The summed E-state index contributed by atoms with van der Waals surface area (Å²) in [6, 6.07) is 8.13. The van der Waals surface area contributed by atoms with Crippen molar-refractivity contribution in [1.29, 1.82) is 0 Å². The number of carbonyl (C=O) groups excluding carboxylic acids is 2. The first kappa shape index (κ1) is 21.1. The molecule has 3 rings (SSSR count). The predicted octanol–water partition coefficient (Wildman–Crippen LogP) is 5.03. The van der Waals surface area contributed by atoms with Crippen LogP contribution in [-0.4, -0.2) is 23.4 Å². The van der Waals surface area contributed by atoms with Gasteiger partial charge in [0.15, 0.2) is 0 Å². The molecule has 0 fully saturated rings.